The summed E-state index contributed by atoms with van der Waals surface area (Å²) in [5.74, 6) is -0.825. The molecule has 0 aliphatic carbocycles. The van der Waals surface area contributed by atoms with Gasteiger partial charge in [0.05, 0.1) is 0 Å². The van der Waals surface area contributed by atoms with Gasteiger partial charge in [0.1, 0.15) is 12.1 Å². The first-order chi connectivity index (χ1) is 14.5. The summed E-state index contributed by atoms with van der Waals surface area (Å²) in [6, 6.07) is -1.17. The van der Waals surface area contributed by atoms with E-state index in [-0.39, 0.29) is 0 Å². The second-order valence-corrected chi connectivity index (χ2v) is 10.3. The SMILES string of the molecule is CCCCCCCCNC(CSSCC(NCCCCCCCC)C(=O)O)C(=O)O. The van der Waals surface area contributed by atoms with E-state index in [1.54, 1.807) is 0 Å². The molecule has 0 heterocycles. The third-order valence-electron chi connectivity index (χ3n) is 4.99. The number of aliphatic carboxylic acids is 2. The standard InChI is InChI=1S/C22H44N2O4S2/c1-3-5-7-9-11-13-15-23-19(21(25)26)17-29-30-18-20(22(27)28)24-16-14-12-10-8-6-4-2/h19-20,23-24H,3-18H2,1-2H3,(H,25,26)(H,27,28). The first-order valence-corrected chi connectivity index (χ1v) is 14.2. The Morgan fingerprint density at radius 1 is 0.633 bits per heavy atom. The molecule has 2 unspecified atom stereocenters. The summed E-state index contributed by atoms with van der Waals surface area (Å²) >= 11 is 0. The van der Waals surface area contributed by atoms with Crippen LogP contribution in [-0.4, -0.2) is 58.8 Å². The normalized spacial score (nSPS) is 13.3. The zero-order valence-electron chi connectivity index (χ0n) is 19.0. The zero-order valence-corrected chi connectivity index (χ0v) is 20.6. The van der Waals surface area contributed by atoms with Crippen LogP contribution in [0.15, 0.2) is 0 Å². The molecule has 0 aromatic carbocycles. The van der Waals surface area contributed by atoms with E-state index in [0.717, 1.165) is 25.7 Å². The Labute approximate surface area is 191 Å². The van der Waals surface area contributed by atoms with Crippen LogP contribution in [0.25, 0.3) is 0 Å². The molecule has 4 N–H and O–H groups in total. The van der Waals surface area contributed by atoms with Crippen molar-refractivity contribution in [3.05, 3.63) is 0 Å². The van der Waals surface area contributed by atoms with E-state index in [1.807, 2.05) is 0 Å². The van der Waals surface area contributed by atoms with Gasteiger partial charge in [-0.1, -0.05) is 99.6 Å². The molecular weight excluding hydrogens is 420 g/mol. The van der Waals surface area contributed by atoms with E-state index >= 15 is 0 Å². The molecule has 0 amide bonds. The van der Waals surface area contributed by atoms with Crippen LogP contribution in [0.1, 0.15) is 90.9 Å². The highest BCUT2D eigenvalue weighted by molar-refractivity contribution is 8.76. The molecule has 6 nitrogen and oxygen atoms in total. The Morgan fingerprint density at radius 3 is 1.30 bits per heavy atom. The van der Waals surface area contributed by atoms with Gasteiger partial charge in [0.2, 0.25) is 0 Å². The number of carboxylic acids is 2. The highest BCUT2D eigenvalue weighted by atomic mass is 33.1. The molecule has 0 radical (unpaired) electrons. The van der Waals surface area contributed by atoms with Gasteiger partial charge in [-0.05, 0) is 25.9 Å². The molecule has 0 aliphatic rings. The third-order valence-corrected chi connectivity index (χ3v) is 7.41. The van der Waals surface area contributed by atoms with Crippen molar-refractivity contribution in [2.24, 2.45) is 0 Å². The quantitative estimate of drug-likeness (QED) is 0.121. The van der Waals surface area contributed by atoms with Crippen molar-refractivity contribution < 1.29 is 19.8 Å². The average Bonchev–Trinajstić information content (AvgIpc) is 2.71. The monoisotopic (exact) mass is 464 g/mol. The van der Waals surface area contributed by atoms with Crippen LogP contribution in [0, 0.1) is 0 Å². The van der Waals surface area contributed by atoms with Crippen molar-refractivity contribution in [1.82, 2.24) is 10.6 Å². The molecule has 30 heavy (non-hydrogen) atoms. The Kier molecular flexibility index (Phi) is 21.5. The van der Waals surface area contributed by atoms with Gasteiger partial charge in [0, 0.05) is 11.5 Å². The molecule has 0 aromatic heterocycles. The fourth-order valence-electron chi connectivity index (χ4n) is 3.03. The lowest BCUT2D eigenvalue weighted by molar-refractivity contribution is -0.139. The molecule has 2 atom stereocenters. The van der Waals surface area contributed by atoms with Crippen molar-refractivity contribution in [3.8, 4) is 0 Å². The van der Waals surface area contributed by atoms with Gasteiger partial charge >= 0.3 is 11.9 Å². The van der Waals surface area contributed by atoms with Crippen molar-refractivity contribution >= 4 is 33.5 Å². The topological polar surface area (TPSA) is 98.7 Å². The smallest absolute Gasteiger partial charge is 0.321 e. The van der Waals surface area contributed by atoms with Gasteiger partial charge in [0.25, 0.3) is 0 Å². The number of hydrogen-bond donors (Lipinski definition) is 4. The lowest BCUT2D eigenvalue weighted by Crippen LogP contribution is -2.40. The van der Waals surface area contributed by atoms with Crippen LogP contribution in [0.5, 0.6) is 0 Å². The highest BCUT2D eigenvalue weighted by Crippen LogP contribution is 2.23. The second kappa shape index (κ2) is 21.8. The van der Waals surface area contributed by atoms with Gasteiger partial charge in [-0.3, -0.25) is 9.59 Å². The van der Waals surface area contributed by atoms with Gasteiger partial charge in [-0.2, -0.15) is 0 Å². The number of nitrogens with one attached hydrogen (secondary N) is 2. The molecule has 8 heteroatoms. The van der Waals surface area contributed by atoms with E-state index in [2.05, 4.69) is 24.5 Å². The highest BCUT2D eigenvalue weighted by Gasteiger charge is 2.19. The van der Waals surface area contributed by atoms with Crippen LogP contribution in [0.3, 0.4) is 0 Å². The first-order valence-electron chi connectivity index (χ1n) is 11.7. The summed E-state index contributed by atoms with van der Waals surface area (Å²) in [4.78, 5) is 22.8. The van der Waals surface area contributed by atoms with Crippen LogP contribution in [0.4, 0.5) is 0 Å². The third kappa shape index (κ3) is 18.3. The fourth-order valence-corrected chi connectivity index (χ4v) is 5.41. The summed E-state index contributed by atoms with van der Waals surface area (Å²) in [5.41, 5.74) is 0. The maximum absolute atomic E-state index is 11.4. The number of carbonyl (C=O) groups is 2. The Bertz CT molecular complexity index is 390. The summed E-state index contributed by atoms with van der Waals surface area (Å²) in [7, 11) is 2.87. The van der Waals surface area contributed by atoms with Crippen LogP contribution in [-0.2, 0) is 9.59 Å². The molecule has 0 saturated heterocycles. The van der Waals surface area contributed by atoms with E-state index in [1.165, 1.54) is 73.0 Å². The van der Waals surface area contributed by atoms with Gasteiger partial charge in [0.15, 0.2) is 0 Å². The number of rotatable bonds is 23. The van der Waals surface area contributed by atoms with E-state index in [9.17, 15) is 19.8 Å². The van der Waals surface area contributed by atoms with Crippen molar-refractivity contribution in [3.63, 3.8) is 0 Å². The summed E-state index contributed by atoms with van der Waals surface area (Å²) in [6.07, 6.45) is 14.2. The first kappa shape index (κ1) is 29.6. The van der Waals surface area contributed by atoms with Crippen molar-refractivity contribution in [2.45, 2.75) is 103 Å². The largest absolute Gasteiger partial charge is 0.480 e. The van der Waals surface area contributed by atoms with Crippen molar-refractivity contribution in [1.29, 1.82) is 0 Å². The molecule has 0 bridgehead atoms. The molecule has 0 rings (SSSR count). The Morgan fingerprint density at radius 2 is 0.967 bits per heavy atom. The average molecular weight is 465 g/mol. The Balaban J connectivity index is 3.90. The summed E-state index contributed by atoms with van der Waals surface area (Å²) < 4.78 is 0. The van der Waals surface area contributed by atoms with Crippen LogP contribution >= 0.6 is 21.6 Å². The van der Waals surface area contributed by atoms with Gasteiger partial charge in [-0.25, -0.2) is 0 Å². The number of hydrogen-bond acceptors (Lipinski definition) is 6. The van der Waals surface area contributed by atoms with E-state index in [0.29, 0.717) is 24.6 Å². The minimum Gasteiger partial charge on any atom is -0.480 e. The van der Waals surface area contributed by atoms with Crippen LogP contribution in [0.2, 0.25) is 0 Å². The van der Waals surface area contributed by atoms with Crippen LogP contribution < -0.4 is 10.6 Å². The predicted octanol–water partition coefficient (Wildman–Crippen LogP) is 5.17. The molecule has 0 aromatic rings. The Hall–Kier alpha value is -0.440. The summed E-state index contributed by atoms with van der Waals surface area (Å²) in [6.45, 7) is 5.82. The number of unbranched alkanes of at least 4 members (excludes halogenated alkanes) is 10. The van der Waals surface area contributed by atoms with E-state index < -0.39 is 24.0 Å². The number of carboxylic acid groups (broad SMARTS) is 2. The fraction of sp³-hybridized carbons (Fsp3) is 0.909. The lowest BCUT2D eigenvalue weighted by atomic mass is 10.1. The predicted molar refractivity (Wildman–Crippen MR) is 131 cm³/mol. The van der Waals surface area contributed by atoms with Crippen molar-refractivity contribution in [2.75, 3.05) is 24.6 Å². The molecule has 0 saturated carbocycles. The molecule has 0 spiro atoms. The second-order valence-electron chi connectivity index (χ2n) is 7.79. The zero-order chi connectivity index (χ0) is 22.5. The molecule has 178 valence electrons. The summed E-state index contributed by atoms with van der Waals surface area (Å²) in [5, 5.41) is 25.0. The maximum atomic E-state index is 11.4. The minimum atomic E-state index is -0.843. The molecular formula is C22H44N2O4S2. The molecule has 0 aliphatic heterocycles. The molecule has 0 fully saturated rings. The van der Waals surface area contributed by atoms with Gasteiger partial charge < -0.3 is 20.8 Å². The van der Waals surface area contributed by atoms with E-state index in [4.69, 9.17) is 0 Å². The van der Waals surface area contributed by atoms with Gasteiger partial charge in [-0.15, -0.1) is 0 Å². The maximum Gasteiger partial charge on any atom is 0.321 e. The lowest BCUT2D eigenvalue weighted by Gasteiger charge is -2.16. The minimum absolute atomic E-state index is 0.430.